The summed E-state index contributed by atoms with van der Waals surface area (Å²) in [6.07, 6.45) is 2.60. The SMILES string of the molecule is CN=C(NCC1CCCN1CCOC)N1CCOC(c2ccccc2C)C1.I. The van der Waals surface area contributed by atoms with Gasteiger partial charge in [0.25, 0.3) is 0 Å². The Bertz CT molecular complexity index is 628. The van der Waals surface area contributed by atoms with E-state index in [1.165, 1.54) is 30.5 Å². The van der Waals surface area contributed by atoms with E-state index in [0.29, 0.717) is 6.04 Å². The fourth-order valence-electron chi connectivity index (χ4n) is 4.15. The van der Waals surface area contributed by atoms with Crippen LogP contribution in [0.25, 0.3) is 0 Å². The number of guanidine groups is 1. The van der Waals surface area contributed by atoms with Crippen molar-refractivity contribution in [1.82, 2.24) is 15.1 Å². The van der Waals surface area contributed by atoms with Crippen LogP contribution >= 0.6 is 24.0 Å². The largest absolute Gasteiger partial charge is 0.383 e. The van der Waals surface area contributed by atoms with Gasteiger partial charge in [-0.15, -0.1) is 24.0 Å². The molecule has 0 radical (unpaired) electrons. The topological polar surface area (TPSA) is 49.3 Å². The number of hydrogen-bond acceptors (Lipinski definition) is 4. The summed E-state index contributed by atoms with van der Waals surface area (Å²) in [5, 5.41) is 3.61. The molecule has 1 N–H and O–H groups in total. The van der Waals surface area contributed by atoms with Crippen molar-refractivity contribution < 1.29 is 9.47 Å². The van der Waals surface area contributed by atoms with Crippen molar-refractivity contribution in [3.05, 3.63) is 35.4 Å². The van der Waals surface area contributed by atoms with Crippen LogP contribution in [-0.2, 0) is 9.47 Å². The lowest BCUT2D eigenvalue weighted by Gasteiger charge is -2.36. The van der Waals surface area contributed by atoms with E-state index < -0.39 is 0 Å². The number of methoxy groups -OCH3 is 1. The molecule has 0 aromatic heterocycles. The Morgan fingerprint density at radius 3 is 2.89 bits per heavy atom. The fraction of sp³-hybridized carbons (Fsp3) is 0.667. The molecule has 1 aromatic carbocycles. The quantitative estimate of drug-likeness (QED) is 0.369. The number of halogens is 1. The van der Waals surface area contributed by atoms with E-state index in [1.807, 2.05) is 7.05 Å². The Hall–Kier alpha value is -0.900. The lowest BCUT2D eigenvalue weighted by Crippen LogP contribution is -2.51. The molecule has 0 amide bonds. The van der Waals surface area contributed by atoms with Gasteiger partial charge in [-0.2, -0.15) is 0 Å². The van der Waals surface area contributed by atoms with Crippen molar-refractivity contribution in [3.8, 4) is 0 Å². The van der Waals surface area contributed by atoms with Crippen molar-refractivity contribution in [2.45, 2.75) is 31.9 Å². The second kappa shape index (κ2) is 11.9. The molecule has 2 unspecified atom stereocenters. The van der Waals surface area contributed by atoms with Crippen molar-refractivity contribution in [2.24, 2.45) is 4.99 Å². The van der Waals surface area contributed by atoms with Gasteiger partial charge in [-0.25, -0.2) is 0 Å². The summed E-state index contributed by atoms with van der Waals surface area (Å²) in [6, 6.07) is 9.05. The van der Waals surface area contributed by atoms with Crippen LogP contribution in [0.4, 0.5) is 0 Å². The van der Waals surface area contributed by atoms with Gasteiger partial charge in [0.05, 0.1) is 19.8 Å². The summed E-state index contributed by atoms with van der Waals surface area (Å²) in [4.78, 5) is 9.40. The molecule has 1 aromatic rings. The molecule has 0 aliphatic carbocycles. The molecule has 0 spiro atoms. The summed E-state index contributed by atoms with van der Waals surface area (Å²) in [7, 11) is 3.65. The van der Waals surface area contributed by atoms with E-state index in [2.05, 4.69) is 51.3 Å². The molecule has 6 nitrogen and oxygen atoms in total. The Morgan fingerprint density at radius 1 is 1.32 bits per heavy atom. The number of benzene rings is 1. The van der Waals surface area contributed by atoms with Crippen LogP contribution in [0, 0.1) is 6.92 Å². The molecule has 2 aliphatic heterocycles. The fourth-order valence-corrected chi connectivity index (χ4v) is 4.15. The van der Waals surface area contributed by atoms with E-state index in [4.69, 9.17) is 9.47 Å². The van der Waals surface area contributed by atoms with Gasteiger partial charge in [-0.3, -0.25) is 9.89 Å². The van der Waals surface area contributed by atoms with Gasteiger partial charge in [0, 0.05) is 39.8 Å². The highest BCUT2D eigenvalue weighted by atomic mass is 127. The van der Waals surface area contributed by atoms with Gasteiger partial charge in [-0.1, -0.05) is 24.3 Å². The molecule has 28 heavy (non-hydrogen) atoms. The molecule has 2 heterocycles. The number of hydrogen-bond donors (Lipinski definition) is 1. The molecule has 2 atom stereocenters. The number of ether oxygens (including phenoxy) is 2. The highest BCUT2D eigenvalue weighted by Gasteiger charge is 2.27. The number of likely N-dealkylation sites (tertiary alicyclic amines) is 1. The zero-order valence-electron chi connectivity index (χ0n) is 17.4. The number of aliphatic imine (C=N–C) groups is 1. The predicted molar refractivity (Wildman–Crippen MR) is 125 cm³/mol. The minimum absolute atomic E-state index is 0. The molecule has 0 bridgehead atoms. The van der Waals surface area contributed by atoms with E-state index in [0.717, 1.165) is 45.4 Å². The van der Waals surface area contributed by atoms with Crippen LogP contribution in [0.5, 0.6) is 0 Å². The molecule has 2 fully saturated rings. The van der Waals surface area contributed by atoms with Crippen LogP contribution in [-0.4, -0.2) is 81.9 Å². The number of nitrogens with one attached hydrogen (secondary N) is 1. The average Bonchev–Trinajstić information content (AvgIpc) is 3.15. The Balaban J connectivity index is 0.00000280. The number of morpholine rings is 1. The summed E-state index contributed by atoms with van der Waals surface area (Å²) >= 11 is 0. The summed E-state index contributed by atoms with van der Waals surface area (Å²) in [5.41, 5.74) is 2.56. The molecule has 3 rings (SSSR count). The Labute approximate surface area is 186 Å². The first-order chi connectivity index (χ1) is 13.2. The van der Waals surface area contributed by atoms with Gasteiger partial charge in [0.2, 0.25) is 0 Å². The molecule has 7 heteroatoms. The predicted octanol–water partition coefficient (Wildman–Crippen LogP) is 2.67. The Kier molecular flexibility index (Phi) is 9.98. The van der Waals surface area contributed by atoms with Crippen molar-refractivity contribution in [2.75, 3.05) is 60.1 Å². The summed E-state index contributed by atoms with van der Waals surface area (Å²) < 4.78 is 11.3. The highest BCUT2D eigenvalue weighted by Crippen LogP contribution is 2.25. The minimum Gasteiger partial charge on any atom is -0.383 e. The number of rotatable bonds is 6. The zero-order valence-corrected chi connectivity index (χ0v) is 19.7. The van der Waals surface area contributed by atoms with Gasteiger partial charge >= 0.3 is 0 Å². The van der Waals surface area contributed by atoms with Gasteiger partial charge in [-0.05, 0) is 37.4 Å². The Morgan fingerprint density at radius 2 is 2.14 bits per heavy atom. The van der Waals surface area contributed by atoms with E-state index in [9.17, 15) is 0 Å². The van der Waals surface area contributed by atoms with E-state index in [1.54, 1.807) is 7.11 Å². The second-order valence-corrected chi connectivity index (χ2v) is 7.41. The average molecular weight is 502 g/mol. The first kappa shape index (κ1) is 23.4. The van der Waals surface area contributed by atoms with Crippen LogP contribution in [0.1, 0.15) is 30.1 Å². The van der Waals surface area contributed by atoms with Crippen LogP contribution in [0.15, 0.2) is 29.3 Å². The first-order valence-corrected chi connectivity index (χ1v) is 10.1. The molecule has 158 valence electrons. The van der Waals surface area contributed by atoms with E-state index in [-0.39, 0.29) is 30.1 Å². The molecule has 2 aliphatic rings. The third-order valence-electron chi connectivity index (χ3n) is 5.69. The lowest BCUT2D eigenvalue weighted by atomic mass is 10.0. The second-order valence-electron chi connectivity index (χ2n) is 7.41. The molecule has 0 saturated carbocycles. The van der Waals surface area contributed by atoms with E-state index >= 15 is 0 Å². The highest BCUT2D eigenvalue weighted by molar-refractivity contribution is 14.0. The van der Waals surface area contributed by atoms with Gasteiger partial charge in [0.15, 0.2) is 5.96 Å². The third kappa shape index (κ3) is 6.05. The zero-order chi connectivity index (χ0) is 19.1. The summed E-state index contributed by atoms with van der Waals surface area (Å²) in [5.74, 6) is 0.982. The lowest BCUT2D eigenvalue weighted by molar-refractivity contribution is -0.00840. The minimum atomic E-state index is 0. The molecular formula is C21H35IN4O2. The van der Waals surface area contributed by atoms with Crippen LogP contribution in [0.2, 0.25) is 0 Å². The van der Waals surface area contributed by atoms with Crippen molar-refractivity contribution in [1.29, 1.82) is 0 Å². The summed E-state index contributed by atoms with van der Waals surface area (Å²) in [6.45, 7) is 8.50. The van der Waals surface area contributed by atoms with Crippen LogP contribution < -0.4 is 5.32 Å². The standard InChI is InChI=1S/C21H34N4O2.HI/c1-17-7-4-5-9-19(17)20-16-25(12-14-27-20)21(22-2)23-15-18-8-6-10-24(18)11-13-26-3;/h4-5,7,9,18,20H,6,8,10-16H2,1-3H3,(H,22,23);1H. The number of aryl methyl sites for hydroxylation is 1. The monoisotopic (exact) mass is 502 g/mol. The maximum Gasteiger partial charge on any atom is 0.193 e. The smallest absolute Gasteiger partial charge is 0.193 e. The van der Waals surface area contributed by atoms with Crippen molar-refractivity contribution in [3.63, 3.8) is 0 Å². The number of nitrogens with zero attached hydrogens (tertiary/aromatic N) is 3. The molecule has 2 saturated heterocycles. The maximum atomic E-state index is 6.06. The van der Waals surface area contributed by atoms with Crippen LogP contribution in [0.3, 0.4) is 0 Å². The normalized spacial score (nSPS) is 23.5. The van der Waals surface area contributed by atoms with Crippen molar-refractivity contribution >= 4 is 29.9 Å². The third-order valence-corrected chi connectivity index (χ3v) is 5.69. The molecular weight excluding hydrogens is 467 g/mol. The first-order valence-electron chi connectivity index (χ1n) is 10.1. The van der Waals surface area contributed by atoms with Gasteiger partial charge < -0.3 is 19.7 Å². The van der Waals surface area contributed by atoms with Gasteiger partial charge in [0.1, 0.15) is 6.10 Å². The maximum absolute atomic E-state index is 6.06.